The third-order valence-corrected chi connectivity index (χ3v) is 2.36. The van der Waals surface area contributed by atoms with Crippen LogP contribution in [0.5, 0.6) is 17.4 Å². The maximum absolute atomic E-state index is 13.4. The van der Waals surface area contributed by atoms with Gasteiger partial charge in [-0.25, -0.2) is 4.98 Å². The molecular formula is C12H7ClFN3O2. The van der Waals surface area contributed by atoms with E-state index in [0.717, 1.165) is 6.20 Å². The predicted molar refractivity (Wildman–Crippen MR) is 64.8 cm³/mol. The molecule has 1 heterocycles. The quantitative estimate of drug-likeness (QED) is 0.808. The molecule has 19 heavy (non-hydrogen) atoms. The van der Waals surface area contributed by atoms with Gasteiger partial charge in [0.15, 0.2) is 11.5 Å². The van der Waals surface area contributed by atoms with Crippen LogP contribution < -0.4 is 9.47 Å². The zero-order valence-electron chi connectivity index (χ0n) is 9.72. The van der Waals surface area contributed by atoms with E-state index in [2.05, 4.69) is 9.97 Å². The van der Waals surface area contributed by atoms with Gasteiger partial charge in [-0.15, -0.1) is 0 Å². The van der Waals surface area contributed by atoms with Crippen molar-refractivity contribution in [3.05, 3.63) is 41.1 Å². The van der Waals surface area contributed by atoms with Gasteiger partial charge in [-0.3, -0.25) is 0 Å². The topological polar surface area (TPSA) is 68.0 Å². The van der Waals surface area contributed by atoms with Crippen LogP contribution in [0.1, 0.15) is 5.56 Å². The number of aromatic nitrogens is 2. The van der Waals surface area contributed by atoms with Crippen LogP contribution in [-0.2, 0) is 0 Å². The standard InChI is InChI=1S/C12H7ClFN3O2/c1-18-10-4-7(5-15)2-3-9(10)19-11-8(14)6-16-12(13)17-11/h2-4,6H,1H3. The molecule has 0 spiro atoms. The Morgan fingerprint density at radius 3 is 2.84 bits per heavy atom. The zero-order valence-corrected chi connectivity index (χ0v) is 10.5. The summed E-state index contributed by atoms with van der Waals surface area (Å²) >= 11 is 5.56. The smallest absolute Gasteiger partial charge is 0.260 e. The molecule has 0 atom stereocenters. The van der Waals surface area contributed by atoms with Crippen molar-refractivity contribution in [3.8, 4) is 23.4 Å². The Morgan fingerprint density at radius 1 is 1.37 bits per heavy atom. The summed E-state index contributed by atoms with van der Waals surface area (Å²) in [5.41, 5.74) is 0.394. The fourth-order valence-electron chi connectivity index (χ4n) is 1.33. The molecule has 0 fully saturated rings. The van der Waals surface area contributed by atoms with E-state index in [4.69, 9.17) is 26.3 Å². The molecule has 1 aromatic carbocycles. The molecule has 0 amide bonds. The Kier molecular flexibility index (Phi) is 3.78. The highest BCUT2D eigenvalue weighted by Gasteiger charge is 2.12. The average Bonchev–Trinajstić information content (AvgIpc) is 2.43. The molecule has 0 aliphatic rings. The van der Waals surface area contributed by atoms with E-state index in [1.54, 1.807) is 0 Å². The number of ether oxygens (including phenoxy) is 2. The van der Waals surface area contributed by atoms with Crippen molar-refractivity contribution in [1.82, 2.24) is 9.97 Å². The molecule has 2 rings (SSSR count). The predicted octanol–water partition coefficient (Wildman–Crippen LogP) is 2.94. The van der Waals surface area contributed by atoms with Crippen LogP contribution in [0.3, 0.4) is 0 Å². The number of nitriles is 1. The molecule has 7 heteroatoms. The summed E-state index contributed by atoms with van der Waals surface area (Å²) in [6, 6.07) is 6.42. The van der Waals surface area contributed by atoms with Crippen molar-refractivity contribution >= 4 is 11.6 Å². The van der Waals surface area contributed by atoms with E-state index in [9.17, 15) is 4.39 Å². The Balaban J connectivity index is 2.38. The van der Waals surface area contributed by atoms with Gasteiger partial charge in [0.25, 0.3) is 5.88 Å². The Bertz CT molecular complexity index is 658. The first-order valence-electron chi connectivity index (χ1n) is 5.08. The van der Waals surface area contributed by atoms with Crippen molar-refractivity contribution in [2.24, 2.45) is 0 Å². The summed E-state index contributed by atoms with van der Waals surface area (Å²) in [5.74, 6) is -0.567. The lowest BCUT2D eigenvalue weighted by atomic mass is 10.2. The van der Waals surface area contributed by atoms with Gasteiger partial charge in [-0.1, -0.05) is 0 Å². The van der Waals surface area contributed by atoms with Crippen LogP contribution in [-0.4, -0.2) is 17.1 Å². The first-order chi connectivity index (χ1) is 9.13. The highest BCUT2D eigenvalue weighted by molar-refractivity contribution is 6.28. The number of halogens is 2. The van der Waals surface area contributed by atoms with E-state index in [0.29, 0.717) is 5.56 Å². The summed E-state index contributed by atoms with van der Waals surface area (Å²) < 4.78 is 23.8. The van der Waals surface area contributed by atoms with E-state index in [1.165, 1.54) is 25.3 Å². The lowest BCUT2D eigenvalue weighted by Crippen LogP contribution is -1.96. The number of hydrogen-bond acceptors (Lipinski definition) is 5. The number of rotatable bonds is 3. The normalized spacial score (nSPS) is 9.79. The minimum atomic E-state index is -0.754. The van der Waals surface area contributed by atoms with Crippen LogP contribution in [0.2, 0.25) is 5.28 Å². The first-order valence-corrected chi connectivity index (χ1v) is 5.46. The monoisotopic (exact) mass is 279 g/mol. The van der Waals surface area contributed by atoms with Crippen molar-refractivity contribution in [2.45, 2.75) is 0 Å². The van der Waals surface area contributed by atoms with Crippen LogP contribution in [0.4, 0.5) is 4.39 Å². The van der Waals surface area contributed by atoms with E-state index >= 15 is 0 Å². The first kappa shape index (κ1) is 13.1. The van der Waals surface area contributed by atoms with Crippen LogP contribution in [0.25, 0.3) is 0 Å². The third-order valence-electron chi connectivity index (χ3n) is 2.18. The van der Waals surface area contributed by atoms with Gasteiger partial charge in [0.1, 0.15) is 0 Å². The van der Waals surface area contributed by atoms with E-state index in [1.807, 2.05) is 6.07 Å². The molecule has 0 N–H and O–H groups in total. The Morgan fingerprint density at radius 2 is 2.16 bits per heavy atom. The number of benzene rings is 1. The molecular weight excluding hydrogens is 273 g/mol. The van der Waals surface area contributed by atoms with Crippen molar-refractivity contribution in [1.29, 1.82) is 5.26 Å². The molecule has 0 aliphatic carbocycles. The molecule has 0 bridgehead atoms. The SMILES string of the molecule is COc1cc(C#N)ccc1Oc1nc(Cl)ncc1F. The van der Waals surface area contributed by atoms with Crippen molar-refractivity contribution in [2.75, 3.05) is 7.11 Å². The Hall–Kier alpha value is -2.39. The van der Waals surface area contributed by atoms with Crippen LogP contribution in [0, 0.1) is 17.1 Å². The van der Waals surface area contributed by atoms with Gasteiger partial charge in [0, 0.05) is 6.07 Å². The number of methoxy groups -OCH3 is 1. The fraction of sp³-hybridized carbons (Fsp3) is 0.0833. The Labute approximate surface area is 113 Å². The fourth-order valence-corrected chi connectivity index (χ4v) is 1.45. The van der Waals surface area contributed by atoms with Gasteiger partial charge in [0.05, 0.1) is 24.9 Å². The van der Waals surface area contributed by atoms with Crippen molar-refractivity contribution < 1.29 is 13.9 Å². The maximum Gasteiger partial charge on any atom is 0.260 e. The average molecular weight is 280 g/mol. The van der Waals surface area contributed by atoms with Crippen LogP contribution in [0.15, 0.2) is 24.4 Å². The van der Waals surface area contributed by atoms with Gasteiger partial charge < -0.3 is 9.47 Å². The highest BCUT2D eigenvalue weighted by Crippen LogP contribution is 2.32. The van der Waals surface area contributed by atoms with Gasteiger partial charge in [-0.05, 0) is 23.7 Å². The second-order valence-electron chi connectivity index (χ2n) is 3.37. The molecule has 0 radical (unpaired) electrons. The third kappa shape index (κ3) is 2.89. The molecule has 5 nitrogen and oxygen atoms in total. The largest absolute Gasteiger partial charge is 0.493 e. The second-order valence-corrected chi connectivity index (χ2v) is 3.71. The summed E-state index contributed by atoms with van der Waals surface area (Å²) in [6.07, 6.45) is 0.904. The molecule has 96 valence electrons. The molecule has 1 aromatic heterocycles. The summed E-state index contributed by atoms with van der Waals surface area (Å²) in [6.45, 7) is 0. The lowest BCUT2D eigenvalue weighted by molar-refractivity contribution is 0.363. The molecule has 0 saturated carbocycles. The number of nitrogens with zero attached hydrogens (tertiary/aromatic N) is 3. The summed E-state index contributed by atoms with van der Waals surface area (Å²) in [4.78, 5) is 7.10. The minimum Gasteiger partial charge on any atom is -0.493 e. The molecule has 2 aromatic rings. The number of hydrogen-bond donors (Lipinski definition) is 0. The summed E-state index contributed by atoms with van der Waals surface area (Å²) in [5, 5.41) is 8.64. The van der Waals surface area contributed by atoms with Gasteiger partial charge >= 0.3 is 0 Å². The second kappa shape index (κ2) is 5.50. The van der Waals surface area contributed by atoms with Gasteiger partial charge in [0.2, 0.25) is 11.1 Å². The zero-order chi connectivity index (χ0) is 13.8. The lowest BCUT2D eigenvalue weighted by Gasteiger charge is -2.10. The van der Waals surface area contributed by atoms with Crippen molar-refractivity contribution in [3.63, 3.8) is 0 Å². The highest BCUT2D eigenvalue weighted by atomic mass is 35.5. The molecule has 0 saturated heterocycles. The summed E-state index contributed by atoms with van der Waals surface area (Å²) in [7, 11) is 1.41. The minimum absolute atomic E-state index is 0.135. The molecule has 0 aliphatic heterocycles. The van der Waals surface area contributed by atoms with E-state index in [-0.39, 0.29) is 22.7 Å². The van der Waals surface area contributed by atoms with Gasteiger partial charge in [-0.2, -0.15) is 14.6 Å². The maximum atomic E-state index is 13.4. The van der Waals surface area contributed by atoms with Crippen LogP contribution >= 0.6 is 11.6 Å². The van der Waals surface area contributed by atoms with E-state index < -0.39 is 5.82 Å². The molecule has 0 unspecified atom stereocenters.